The molecule has 166 valence electrons. The summed E-state index contributed by atoms with van der Waals surface area (Å²) in [5.41, 5.74) is 3.96. The molecule has 0 unspecified atom stereocenters. The standard InChI is InChI=1S/C22H16Br3ClN2O4/c1-31-19-6-13(10-27-28-22(30)15-7-14(23)8-17(25)21(15)29)16(24)9-20(19)32-11-12-4-2-3-5-18(12)26/h2-10,29H,11H2,1H3,(H,28,30)/b27-10+. The van der Waals surface area contributed by atoms with Gasteiger partial charge in [0.05, 0.1) is 23.4 Å². The molecule has 0 aliphatic carbocycles. The van der Waals surface area contributed by atoms with E-state index in [1.165, 1.54) is 19.4 Å². The average molecular weight is 648 g/mol. The number of carbonyl (C=O) groups excluding carboxylic acids is 1. The molecule has 0 atom stereocenters. The highest BCUT2D eigenvalue weighted by Gasteiger charge is 2.15. The number of nitrogens with one attached hydrogen (secondary N) is 1. The number of amides is 1. The van der Waals surface area contributed by atoms with Gasteiger partial charge >= 0.3 is 0 Å². The number of hydrazone groups is 1. The van der Waals surface area contributed by atoms with Gasteiger partial charge in [-0.2, -0.15) is 5.10 Å². The van der Waals surface area contributed by atoms with Crippen LogP contribution in [0, 0.1) is 0 Å². The van der Waals surface area contributed by atoms with Gasteiger partial charge in [0, 0.05) is 25.1 Å². The molecule has 32 heavy (non-hydrogen) atoms. The van der Waals surface area contributed by atoms with Crippen molar-refractivity contribution in [2.45, 2.75) is 6.61 Å². The van der Waals surface area contributed by atoms with E-state index >= 15 is 0 Å². The van der Waals surface area contributed by atoms with Crippen molar-refractivity contribution in [3.8, 4) is 17.2 Å². The molecule has 0 aliphatic rings. The number of phenolic OH excluding ortho intramolecular Hbond substituents is 1. The molecule has 2 N–H and O–H groups in total. The van der Waals surface area contributed by atoms with Crippen molar-refractivity contribution in [1.82, 2.24) is 5.43 Å². The number of phenols is 1. The van der Waals surface area contributed by atoms with Crippen LogP contribution in [-0.4, -0.2) is 24.3 Å². The molecule has 10 heteroatoms. The summed E-state index contributed by atoms with van der Waals surface area (Å²) >= 11 is 16.1. The smallest absolute Gasteiger partial charge is 0.275 e. The summed E-state index contributed by atoms with van der Waals surface area (Å²) in [5, 5.41) is 14.7. The maximum Gasteiger partial charge on any atom is 0.275 e. The van der Waals surface area contributed by atoms with Gasteiger partial charge in [-0.3, -0.25) is 4.79 Å². The molecule has 0 aromatic heterocycles. The molecule has 0 heterocycles. The zero-order chi connectivity index (χ0) is 23.3. The number of ether oxygens (including phenoxy) is 2. The van der Waals surface area contributed by atoms with Crippen LogP contribution in [0.5, 0.6) is 17.2 Å². The van der Waals surface area contributed by atoms with Gasteiger partial charge in [-0.15, -0.1) is 0 Å². The first-order chi connectivity index (χ1) is 15.3. The lowest BCUT2D eigenvalue weighted by molar-refractivity contribution is 0.0952. The van der Waals surface area contributed by atoms with Crippen LogP contribution >= 0.6 is 59.4 Å². The van der Waals surface area contributed by atoms with Crippen LogP contribution in [0.4, 0.5) is 0 Å². The number of nitrogens with zero attached hydrogens (tertiary/aromatic N) is 1. The Morgan fingerprint density at radius 2 is 1.88 bits per heavy atom. The largest absolute Gasteiger partial charge is 0.506 e. The molecule has 0 radical (unpaired) electrons. The summed E-state index contributed by atoms with van der Waals surface area (Å²) in [6.45, 7) is 0.275. The van der Waals surface area contributed by atoms with Crippen molar-refractivity contribution in [3.63, 3.8) is 0 Å². The van der Waals surface area contributed by atoms with Crippen LogP contribution in [0.1, 0.15) is 21.5 Å². The highest BCUT2D eigenvalue weighted by atomic mass is 79.9. The quantitative estimate of drug-likeness (QED) is 0.222. The summed E-state index contributed by atoms with van der Waals surface area (Å²) in [6, 6.07) is 14.0. The van der Waals surface area contributed by atoms with E-state index in [1.807, 2.05) is 18.2 Å². The van der Waals surface area contributed by atoms with Crippen molar-refractivity contribution in [1.29, 1.82) is 0 Å². The zero-order valence-corrected chi connectivity index (χ0v) is 22.0. The van der Waals surface area contributed by atoms with Crippen LogP contribution in [0.2, 0.25) is 5.02 Å². The Labute approximate surface area is 215 Å². The number of aromatic hydroxyl groups is 1. The predicted octanol–water partition coefficient (Wildman–Crippen LogP) is 6.68. The lowest BCUT2D eigenvalue weighted by atomic mass is 10.2. The van der Waals surface area contributed by atoms with E-state index in [4.69, 9.17) is 21.1 Å². The highest BCUT2D eigenvalue weighted by Crippen LogP contribution is 2.34. The Morgan fingerprint density at radius 1 is 1.12 bits per heavy atom. The average Bonchev–Trinajstić information content (AvgIpc) is 2.76. The molecule has 0 saturated carbocycles. The molecule has 0 fully saturated rings. The maximum absolute atomic E-state index is 12.4. The molecular formula is C22H16Br3ClN2O4. The predicted molar refractivity (Wildman–Crippen MR) is 135 cm³/mol. The molecule has 3 rings (SSSR count). The van der Waals surface area contributed by atoms with E-state index in [0.717, 1.165) is 5.56 Å². The Morgan fingerprint density at radius 3 is 2.59 bits per heavy atom. The molecule has 6 nitrogen and oxygen atoms in total. The maximum atomic E-state index is 12.4. The number of halogens is 4. The second-order valence-corrected chi connectivity index (χ2v) is 9.42. The minimum Gasteiger partial charge on any atom is -0.506 e. The van der Waals surface area contributed by atoms with Crippen molar-refractivity contribution >= 4 is 71.5 Å². The molecule has 0 saturated heterocycles. The first kappa shape index (κ1) is 24.6. The Kier molecular flexibility index (Phi) is 8.58. The summed E-state index contributed by atoms with van der Waals surface area (Å²) in [4.78, 5) is 12.4. The number of rotatable bonds is 7. The third-order valence-corrected chi connectivity index (χ3v) is 6.38. The van der Waals surface area contributed by atoms with Gasteiger partial charge < -0.3 is 14.6 Å². The molecule has 3 aromatic carbocycles. The van der Waals surface area contributed by atoms with Gasteiger partial charge in [0.2, 0.25) is 0 Å². The van der Waals surface area contributed by atoms with Crippen molar-refractivity contribution in [2.75, 3.05) is 7.11 Å². The topological polar surface area (TPSA) is 80.2 Å². The number of hydrogen-bond acceptors (Lipinski definition) is 5. The molecule has 3 aromatic rings. The number of benzene rings is 3. The van der Waals surface area contributed by atoms with Crippen LogP contribution in [0.25, 0.3) is 0 Å². The Hall–Kier alpha value is -2.07. The highest BCUT2D eigenvalue weighted by molar-refractivity contribution is 9.11. The molecule has 0 bridgehead atoms. The Bertz CT molecular complexity index is 1190. The van der Waals surface area contributed by atoms with E-state index in [2.05, 4.69) is 58.3 Å². The fourth-order valence-electron chi connectivity index (χ4n) is 2.65. The molecule has 0 spiro atoms. The van der Waals surface area contributed by atoms with Crippen LogP contribution in [0.3, 0.4) is 0 Å². The lowest BCUT2D eigenvalue weighted by Gasteiger charge is -2.13. The fourth-order valence-corrected chi connectivity index (χ4v) is 4.49. The first-order valence-corrected chi connectivity index (χ1v) is 11.8. The van der Waals surface area contributed by atoms with E-state index < -0.39 is 5.91 Å². The van der Waals surface area contributed by atoms with Gasteiger partial charge in [-0.1, -0.05) is 45.7 Å². The van der Waals surface area contributed by atoms with Crippen LogP contribution < -0.4 is 14.9 Å². The van der Waals surface area contributed by atoms with E-state index in [1.54, 1.807) is 24.3 Å². The van der Waals surface area contributed by atoms with E-state index in [-0.39, 0.29) is 17.9 Å². The van der Waals surface area contributed by atoms with Crippen molar-refractivity contribution in [2.24, 2.45) is 5.10 Å². The second kappa shape index (κ2) is 11.2. The second-order valence-electron chi connectivity index (χ2n) is 6.39. The van der Waals surface area contributed by atoms with Crippen molar-refractivity contribution in [3.05, 3.63) is 83.7 Å². The van der Waals surface area contributed by atoms with Gasteiger partial charge in [0.1, 0.15) is 12.4 Å². The lowest BCUT2D eigenvalue weighted by Crippen LogP contribution is -2.18. The van der Waals surface area contributed by atoms with Gasteiger partial charge in [0.25, 0.3) is 5.91 Å². The zero-order valence-electron chi connectivity index (χ0n) is 16.5. The number of carbonyl (C=O) groups is 1. The minimum atomic E-state index is -0.566. The summed E-state index contributed by atoms with van der Waals surface area (Å²) in [7, 11) is 1.53. The van der Waals surface area contributed by atoms with Gasteiger partial charge in [-0.25, -0.2) is 5.43 Å². The first-order valence-electron chi connectivity index (χ1n) is 9.05. The molecule has 0 aliphatic heterocycles. The summed E-state index contributed by atoms with van der Waals surface area (Å²) in [5.74, 6) is 0.262. The minimum absolute atomic E-state index is 0.0726. The van der Waals surface area contributed by atoms with E-state index in [9.17, 15) is 9.90 Å². The van der Waals surface area contributed by atoms with Gasteiger partial charge in [0.15, 0.2) is 11.5 Å². The van der Waals surface area contributed by atoms with Crippen LogP contribution in [-0.2, 0) is 6.61 Å². The summed E-state index contributed by atoms with van der Waals surface area (Å²) < 4.78 is 13.0. The monoisotopic (exact) mass is 644 g/mol. The van der Waals surface area contributed by atoms with Crippen molar-refractivity contribution < 1.29 is 19.4 Å². The van der Waals surface area contributed by atoms with Crippen LogP contribution in [0.15, 0.2) is 67.1 Å². The Balaban J connectivity index is 1.74. The SMILES string of the molecule is COc1cc(/C=N/NC(=O)c2cc(Br)cc(Br)c2O)c(Br)cc1OCc1ccccc1Cl. The van der Waals surface area contributed by atoms with Gasteiger partial charge in [-0.05, 0) is 62.2 Å². The third kappa shape index (κ3) is 6.04. The summed E-state index contributed by atoms with van der Waals surface area (Å²) in [6.07, 6.45) is 1.45. The molecular weight excluding hydrogens is 631 g/mol. The molecule has 1 amide bonds. The van der Waals surface area contributed by atoms with E-state index in [0.29, 0.717) is 35.5 Å². The number of hydrogen-bond donors (Lipinski definition) is 2. The third-order valence-electron chi connectivity index (χ3n) is 4.27. The number of methoxy groups -OCH3 is 1. The fraction of sp³-hybridized carbons (Fsp3) is 0.0909. The normalized spacial score (nSPS) is 10.9.